The number of Topliss-reactive ketones (excluding diaryl/α,β-unsaturated/α-hetero) is 2. The molecular weight excluding hydrogens is 302 g/mol. The maximum absolute atomic E-state index is 12.5. The number of nitrogens with zero attached hydrogens (tertiary/aromatic N) is 1. The molecule has 1 saturated carbocycles. The summed E-state index contributed by atoms with van der Waals surface area (Å²) in [5, 5.41) is 0. The van der Waals surface area contributed by atoms with Crippen molar-refractivity contribution in [1.82, 2.24) is 4.90 Å². The lowest BCUT2D eigenvalue weighted by atomic mass is 9.82. The summed E-state index contributed by atoms with van der Waals surface area (Å²) in [6, 6.07) is 0. The van der Waals surface area contributed by atoms with E-state index in [1.54, 1.807) is 27.7 Å². The number of likely N-dealkylation sites (tertiary alicyclic amines) is 1. The molecule has 0 N–H and O–H groups in total. The lowest BCUT2D eigenvalue weighted by Gasteiger charge is -2.36. The molecule has 7 nitrogen and oxygen atoms in total. The van der Waals surface area contributed by atoms with E-state index in [4.69, 9.17) is 9.47 Å². The Morgan fingerprint density at radius 3 is 2.35 bits per heavy atom. The van der Waals surface area contributed by atoms with Crippen molar-refractivity contribution in [3.63, 3.8) is 0 Å². The maximum Gasteiger partial charge on any atom is 0.410 e. The summed E-state index contributed by atoms with van der Waals surface area (Å²) in [4.78, 5) is 50.0. The first-order valence-electron chi connectivity index (χ1n) is 7.83. The Balaban J connectivity index is 2.16. The molecule has 1 heterocycles. The summed E-state index contributed by atoms with van der Waals surface area (Å²) in [5.41, 5.74) is -1.36. The summed E-state index contributed by atoms with van der Waals surface area (Å²) >= 11 is 0. The molecule has 128 valence electrons. The molecular formula is C16H23NO6. The van der Waals surface area contributed by atoms with Gasteiger partial charge >= 0.3 is 12.1 Å². The van der Waals surface area contributed by atoms with Gasteiger partial charge in [-0.1, -0.05) is 0 Å². The number of ether oxygens (including phenoxy) is 2. The van der Waals surface area contributed by atoms with Gasteiger partial charge in [0.15, 0.2) is 5.78 Å². The monoisotopic (exact) mass is 325 g/mol. The fourth-order valence-electron chi connectivity index (χ4n) is 2.75. The fourth-order valence-corrected chi connectivity index (χ4v) is 2.75. The number of hydrogen-bond acceptors (Lipinski definition) is 6. The zero-order chi connectivity index (χ0) is 17.4. The third-order valence-electron chi connectivity index (χ3n) is 4.03. The molecule has 23 heavy (non-hydrogen) atoms. The predicted octanol–water partition coefficient (Wildman–Crippen LogP) is 1.33. The molecule has 1 aliphatic carbocycles. The van der Waals surface area contributed by atoms with Crippen LogP contribution in [0.25, 0.3) is 0 Å². The van der Waals surface area contributed by atoms with Crippen molar-refractivity contribution in [3.8, 4) is 0 Å². The SMILES string of the molecule is CCOC(=O)C(=O)C1CN(C(=O)OC(C)(C)C)CC2(CC2)C1=O. The number of hydrogen-bond donors (Lipinski definition) is 0. The largest absolute Gasteiger partial charge is 0.460 e. The molecule has 1 unspecified atom stereocenters. The summed E-state index contributed by atoms with van der Waals surface area (Å²) in [6.07, 6.45) is 0.674. The van der Waals surface area contributed by atoms with Gasteiger partial charge in [-0.05, 0) is 40.5 Å². The van der Waals surface area contributed by atoms with Gasteiger partial charge in [0.05, 0.1) is 6.61 Å². The van der Waals surface area contributed by atoms with Crippen LogP contribution < -0.4 is 0 Å². The van der Waals surface area contributed by atoms with Crippen LogP contribution in [-0.2, 0) is 23.9 Å². The molecule has 0 aromatic rings. The normalized spacial score (nSPS) is 22.7. The Morgan fingerprint density at radius 2 is 1.87 bits per heavy atom. The van der Waals surface area contributed by atoms with E-state index in [-0.39, 0.29) is 25.5 Å². The summed E-state index contributed by atoms with van der Waals surface area (Å²) in [7, 11) is 0. The molecule has 1 aliphatic heterocycles. The Morgan fingerprint density at radius 1 is 1.26 bits per heavy atom. The van der Waals surface area contributed by atoms with Crippen LogP contribution in [0.3, 0.4) is 0 Å². The van der Waals surface area contributed by atoms with Gasteiger partial charge in [-0.2, -0.15) is 0 Å². The topological polar surface area (TPSA) is 90.0 Å². The highest BCUT2D eigenvalue weighted by atomic mass is 16.6. The van der Waals surface area contributed by atoms with Crippen LogP contribution in [0.2, 0.25) is 0 Å². The van der Waals surface area contributed by atoms with E-state index in [1.165, 1.54) is 4.90 Å². The van der Waals surface area contributed by atoms with E-state index in [9.17, 15) is 19.2 Å². The molecule has 1 atom stereocenters. The van der Waals surface area contributed by atoms with E-state index in [2.05, 4.69) is 0 Å². The fraction of sp³-hybridized carbons (Fsp3) is 0.750. The lowest BCUT2D eigenvalue weighted by Crippen LogP contribution is -2.54. The standard InChI is InChI=1S/C16H23NO6/c1-5-22-13(20)11(18)10-8-17(14(21)23-15(2,3)4)9-16(6-7-16)12(10)19/h10H,5-9H2,1-4H3. The van der Waals surface area contributed by atoms with Crippen molar-refractivity contribution in [1.29, 1.82) is 0 Å². The average molecular weight is 325 g/mol. The molecule has 1 spiro atoms. The molecule has 0 radical (unpaired) electrons. The van der Waals surface area contributed by atoms with Gasteiger partial charge < -0.3 is 14.4 Å². The third kappa shape index (κ3) is 3.71. The number of esters is 1. The van der Waals surface area contributed by atoms with Gasteiger partial charge in [0.25, 0.3) is 5.78 Å². The second-order valence-electron chi connectivity index (χ2n) is 7.14. The zero-order valence-corrected chi connectivity index (χ0v) is 14.0. The number of ketones is 2. The van der Waals surface area contributed by atoms with Crippen LogP contribution in [0, 0.1) is 11.3 Å². The molecule has 0 aromatic carbocycles. The average Bonchev–Trinajstić information content (AvgIpc) is 3.20. The van der Waals surface area contributed by atoms with Crippen molar-refractivity contribution >= 4 is 23.6 Å². The number of carbonyl (C=O) groups is 4. The van der Waals surface area contributed by atoms with E-state index < -0.39 is 34.8 Å². The minimum Gasteiger partial charge on any atom is -0.460 e. The molecule has 0 aromatic heterocycles. The van der Waals surface area contributed by atoms with Gasteiger partial charge in [-0.3, -0.25) is 9.59 Å². The van der Waals surface area contributed by atoms with Crippen LogP contribution >= 0.6 is 0 Å². The number of carbonyl (C=O) groups excluding carboxylic acids is 4. The van der Waals surface area contributed by atoms with E-state index >= 15 is 0 Å². The summed E-state index contributed by atoms with van der Waals surface area (Å²) in [5.74, 6) is -3.31. The molecule has 7 heteroatoms. The van der Waals surface area contributed by atoms with Gasteiger partial charge in [0.1, 0.15) is 11.5 Å². The van der Waals surface area contributed by atoms with E-state index in [0.29, 0.717) is 12.8 Å². The molecule has 2 rings (SSSR count). The molecule has 2 aliphatic rings. The van der Waals surface area contributed by atoms with Crippen molar-refractivity contribution in [2.75, 3.05) is 19.7 Å². The minimum absolute atomic E-state index is 0.0619. The highest BCUT2D eigenvalue weighted by Crippen LogP contribution is 2.51. The Kier molecular flexibility index (Phi) is 4.50. The third-order valence-corrected chi connectivity index (χ3v) is 4.03. The first-order chi connectivity index (χ1) is 10.6. The van der Waals surface area contributed by atoms with Gasteiger partial charge in [-0.25, -0.2) is 9.59 Å². The van der Waals surface area contributed by atoms with E-state index in [0.717, 1.165) is 0 Å². The number of amides is 1. The van der Waals surface area contributed by atoms with Gasteiger partial charge in [0, 0.05) is 18.5 Å². The van der Waals surface area contributed by atoms with E-state index in [1.807, 2.05) is 0 Å². The van der Waals surface area contributed by atoms with Crippen molar-refractivity contribution in [3.05, 3.63) is 0 Å². The number of piperidine rings is 1. The molecule has 2 fully saturated rings. The van der Waals surface area contributed by atoms with Gasteiger partial charge in [0.2, 0.25) is 0 Å². The van der Waals surface area contributed by atoms with Crippen LogP contribution in [0.4, 0.5) is 4.79 Å². The first kappa shape index (κ1) is 17.4. The van der Waals surface area contributed by atoms with Crippen LogP contribution in [-0.4, -0.2) is 53.8 Å². The quantitative estimate of drug-likeness (QED) is 0.442. The summed E-state index contributed by atoms with van der Waals surface area (Å²) < 4.78 is 10.0. The van der Waals surface area contributed by atoms with Crippen LogP contribution in [0.1, 0.15) is 40.5 Å². The maximum atomic E-state index is 12.5. The van der Waals surface area contributed by atoms with Crippen molar-refractivity contribution < 1.29 is 28.7 Å². The molecule has 1 amide bonds. The zero-order valence-electron chi connectivity index (χ0n) is 14.0. The highest BCUT2D eigenvalue weighted by molar-refractivity contribution is 6.39. The Bertz CT molecular complexity index is 543. The first-order valence-corrected chi connectivity index (χ1v) is 7.83. The van der Waals surface area contributed by atoms with Crippen LogP contribution in [0.15, 0.2) is 0 Å². The Labute approximate surface area is 135 Å². The molecule has 1 saturated heterocycles. The number of rotatable bonds is 3. The van der Waals surface area contributed by atoms with Crippen LogP contribution in [0.5, 0.6) is 0 Å². The molecule has 0 bridgehead atoms. The van der Waals surface area contributed by atoms with Crippen molar-refractivity contribution in [2.24, 2.45) is 11.3 Å². The van der Waals surface area contributed by atoms with Gasteiger partial charge in [-0.15, -0.1) is 0 Å². The second kappa shape index (κ2) is 5.94. The smallest absolute Gasteiger partial charge is 0.410 e. The Hall–Kier alpha value is -1.92. The highest BCUT2D eigenvalue weighted by Gasteiger charge is 2.59. The second-order valence-corrected chi connectivity index (χ2v) is 7.14. The lowest BCUT2D eigenvalue weighted by molar-refractivity contribution is -0.159. The summed E-state index contributed by atoms with van der Waals surface area (Å²) in [6.45, 7) is 6.99. The van der Waals surface area contributed by atoms with Crippen molar-refractivity contribution in [2.45, 2.75) is 46.1 Å². The predicted molar refractivity (Wildman–Crippen MR) is 79.6 cm³/mol. The minimum atomic E-state index is -1.15.